The lowest BCUT2D eigenvalue weighted by Crippen LogP contribution is -2.05. The number of aryl methyl sites for hydroxylation is 1. The number of hydrogen-bond acceptors (Lipinski definition) is 3. The van der Waals surface area contributed by atoms with Crippen LogP contribution in [-0.2, 0) is 11.2 Å². The number of benzene rings is 2. The topological polar surface area (TPSA) is 58.6 Å². The molecule has 0 fully saturated rings. The Bertz CT molecular complexity index is 971. The summed E-state index contributed by atoms with van der Waals surface area (Å²) in [5.74, 6) is 0.114. The fraction of sp³-hybridized carbons (Fsp3) is 0.346. The summed E-state index contributed by atoms with van der Waals surface area (Å²) < 4.78 is 6.21. The van der Waals surface area contributed by atoms with Crippen LogP contribution in [0.5, 0.6) is 5.75 Å². The summed E-state index contributed by atoms with van der Waals surface area (Å²) >= 11 is 0. The van der Waals surface area contributed by atoms with Gasteiger partial charge in [0, 0.05) is 17.8 Å². The van der Waals surface area contributed by atoms with Gasteiger partial charge >= 0.3 is 5.97 Å². The Morgan fingerprint density at radius 3 is 2.50 bits per heavy atom. The fourth-order valence-electron chi connectivity index (χ4n) is 4.00. The van der Waals surface area contributed by atoms with E-state index >= 15 is 0 Å². The Morgan fingerprint density at radius 2 is 1.83 bits per heavy atom. The molecule has 0 aliphatic heterocycles. The SMILES string of the molecule is C=C(C)Nc1ccc(C2=C(COc3ccc(CCC(=O)O)c(C)c3C)CCC2)cc1. The molecule has 3 rings (SSSR count). The van der Waals surface area contributed by atoms with Gasteiger partial charge in [0.15, 0.2) is 0 Å². The van der Waals surface area contributed by atoms with Gasteiger partial charge in [-0.15, -0.1) is 0 Å². The highest BCUT2D eigenvalue weighted by molar-refractivity contribution is 5.72. The number of anilines is 1. The number of nitrogens with one attached hydrogen (secondary N) is 1. The van der Waals surface area contributed by atoms with Gasteiger partial charge in [-0.05, 0) is 98.1 Å². The number of carboxylic acids is 1. The van der Waals surface area contributed by atoms with Crippen molar-refractivity contribution < 1.29 is 14.6 Å². The van der Waals surface area contributed by atoms with Crippen LogP contribution >= 0.6 is 0 Å². The van der Waals surface area contributed by atoms with E-state index < -0.39 is 5.97 Å². The highest BCUT2D eigenvalue weighted by Crippen LogP contribution is 2.35. The van der Waals surface area contributed by atoms with Gasteiger partial charge in [0.2, 0.25) is 0 Å². The number of carboxylic acid groups (broad SMARTS) is 1. The van der Waals surface area contributed by atoms with Crippen LogP contribution in [0.4, 0.5) is 5.69 Å². The highest BCUT2D eigenvalue weighted by atomic mass is 16.5. The molecule has 0 saturated heterocycles. The van der Waals surface area contributed by atoms with Crippen molar-refractivity contribution in [3.05, 3.63) is 76.5 Å². The van der Waals surface area contributed by atoms with Crippen LogP contribution in [0, 0.1) is 13.8 Å². The largest absolute Gasteiger partial charge is 0.489 e. The Morgan fingerprint density at radius 1 is 1.10 bits per heavy atom. The first-order valence-corrected chi connectivity index (χ1v) is 10.5. The molecule has 30 heavy (non-hydrogen) atoms. The van der Waals surface area contributed by atoms with Crippen molar-refractivity contribution in [3.8, 4) is 5.75 Å². The molecule has 1 aliphatic rings. The molecule has 0 amide bonds. The number of carbonyl (C=O) groups is 1. The van der Waals surface area contributed by atoms with Gasteiger partial charge < -0.3 is 15.2 Å². The van der Waals surface area contributed by atoms with Gasteiger partial charge in [-0.2, -0.15) is 0 Å². The first kappa shape index (κ1) is 21.7. The summed E-state index contributed by atoms with van der Waals surface area (Å²) in [6.07, 6.45) is 4.01. The van der Waals surface area contributed by atoms with E-state index in [0.29, 0.717) is 13.0 Å². The lowest BCUT2D eigenvalue weighted by atomic mass is 9.99. The van der Waals surface area contributed by atoms with Crippen LogP contribution in [0.25, 0.3) is 5.57 Å². The summed E-state index contributed by atoms with van der Waals surface area (Å²) in [4.78, 5) is 10.9. The van der Waals surface area contributed by atoms with E-state index in [9.17, 15) is 4.79 Å². The highest BCUT2D eigenvalue weighted by Gasteiger charge is 2.17. The Balaban J connectivity index is 1.72. The zero-order valence-corrected chi connectivity index (χ0v) is 18.2. The number of hydrogen-bond donors (Lipinski definition) is 2. The van der Waals surface area contributed by atoms with Crippen molar-refractivity contribution in [2.75, 3.05) is 11.9 Å². The van der Waals surface area contributed by atoms with Crippen LogP contribution in [0.1, 0.15) is 54.9 Å². The minimum Gasteiger partial charge on any atom is -0.489 e. The minimum absolute atomic E-state index is 0.150. The number of ether oxygens (including phenoxy) is 1. The second-order valence-corrected chi connectivity index (χ2v) is 8.07. The molecule has 0 bridgehead atoms. The third kappa shape index (κ3) is 5.32. The monoisotopic (exact) mass is 405 g/mol. The smallest absolute Gasteiger partial charge is 0.303 e. The van der Waals surface area contributed by atoms with Crippen LogP contribution < -0.4 is 10.1 Å². The maximum Gasteiger partial charge on any atom is 0.303 e. The molecule has 2 aromatic rings. The number of allylic oxidation sites excluding steroid dienone is 2. The lowest BCUT2D eigenvalue weighted by molar-refractivity contribution is -0.136. The van der Waals surface area contributed by atoms with E-state index in [2.05, 4.69) is 36.2 Å². The molecule has 0 radical (unpaired) electrons. The van der Waals surface area contributed by atoms with Gasteiger partial charge in [0.05, 0.1) is 0 Å². The van der Waals surface area contributed by atoms with E-state index in [1.807, 2.05) is 32.9 Å². The zero-order chi connectivity index (χ0) is 21.7. The van der Waals surface area contributed by atoms with Gasteiger partial charge in [-0.3, -0.25) is 4.79 Å². The van der Waals surface area contributed by atoms with Crippen molar-refractivity contribution in [1.82, 2.24) is 0 Å². The van der Waals surface area contributed by atoms with E-state index in [1.54, 1.807) is 0 Å². The van der Waals surface area contributed by atoms with E-state index in [-0.39, 0.29) is 6.42 Å². The first-order chi connectivity index (χ1) is 14.3. The number of aliphatic carboxylic acids is 1. The van der Waals surface area contributed by atoms with E-state index in [4.69, 9.17) is 9.84 Å². The molecule has 0 unspecified atom stereocenters. The minimum atomic E-state index is -0.767. The molecule has 0 atom stereocenters. The van der Waals surface area contributed by atoms with E-state index in [1.165, 1.54) is 16.7 Å². The van der Waals surface area contributed by atoms with Crippen LogP contribution in [0.3, 0.4) is 0 Å². The van der Waals surface area contributed by atoms with Gasteiger partial charge in [-0.1, -0.05) is 24.8 Å². The van der Waals surface area contributed by atoms with Crippen LogP contribution in [0.15, 0.2) is 54.2 Å². The molecule has 4 heteroatoms. The Hall–Kier alpha value is -3.01. The van der Waals surface area contributed by atoms with Crippen molar-refractivity contribution in [1.29, 1.82) is 0 Å². The van der Waals surface area contributed by atoms with Crippen molar-refractivity contribution in [2.24, 2.45) is 0 Å². The molecule has 1 aliphatic carbocycles. The molecule has 0 heterocycles. The van der Waals surface area contributed by atoms with Crippen molar-refractivity contribution in [2.45, 2.75) is 52.9 Å². The third-order valence-electron chi connectivity index (χ3n) is 5.78. The maximum atomic E-state index is 10.9. The standard InChI is InChI=1S/C26H31NO3/c1-17(2)27-23-12-8-21(9-13-23)24-7-5-6-22(24)16-30-25-14-10-20(11-15-26(28)29)18(3)19(25)4/h8-10,12-14,27H,1,5-7,11,15-16H2,2-4H3,(H,28,29). The predicted octanol–water partition coefficient (Wildman–Crippen LogP) is 6.28. The van der Waals surface area contributed by atoms with Crippen LogP contribution in [-0.4, -0.2) is 17.7 Å². The van der Waals surface area contributed by atoms with E-state index in [0.717, 1.165) is 53.1 Å². The average molecular weight is 406 g/mol. The summed E-state index contributed by atoms with van der Waals surface area (Å²) in [5.41, 5.74) is 9.28. The zero-order valence-electron chi connectivity index (χ0n) is 18.2. The molecular formula is C26H31NO3. The molecule has 2 N–H and O–H groups in total. The van der Waals surface area contributed by atoms with Gasteiger partial charge in [-0.25, -0.2) is 0 Å². The normalized spacial score (nSPS) is 13.4. The second-order valence-electron chi connectivity index (χ2n) is 8.07. The molecule has 158 valence electrons. The summed E-state index contributed by atoms with van der Waals surface area (Å²) in [6.45, 7) is 10.5. The molecule has 2 aromatic carbocycles. The van der Waals surface area contributed by atoms with Crippen molar-refractivity contribution in [3.63, 3.8) is 0 Å². The second kappa shape index (κ2) is 9.66. The maximum absolute atomic E-state index is 10.9. The summed E-state index contributed by atoms with van der Waals surface area (Å²) in [6, 6.07) is 12.5. The predicted molar refractivity (Wildman–Crippen MR) is 123 cm³/mol. The third-order valence-corrected chi connectivity index (χ3v) is 5.78. The molecule has 0 spiro atoms. The Labute approximate surface area is 179 Å². The van der Waals surface area contributed by atoms with Gasteiger partial charge in [0.25, 0.3) is 0 Å². The van der Waals surface area contributed by atoms with Gasteiger partial charge in [0.1, 0.15) is 12.4 Å². The quantitative estimate of drug-likeness (QED) is 0.515. The summed E-state index contributed by atoms with van der Waals surface area (Å²) in [5, 5.41) is 12.2. The first-order valence-electron chi connectivity index (χ1n) is 10.5. The average Bonchev–Trinajstić information content (AvgIpc) is 3.17. The fourth-order valence-corrected chi connectivity index (χ4v) is 4.00. The summed E-state index contributed by atoms with van der Waals surface area (Å²) in [7, 11) is 0. The lowest BCUT2D eigenvalue weighted by Gasteiger charge is -2.16. The Kier molecular flexibility index (Phi) is 6.99. The molecule has 0 saturated carbocycles. The molecule has 0 aromatic heterocycles. The van der Waals surface area contributed by atoms with Crippen molar-refractivity contribution >= 4 is 17.2 Å². The van der Waals surface area contributed by atoms with Crippen LogP contribution in [0.2, 0.25) is 0 Å². The number of rotatable bonds is 9. The molecular weight excluding hydrogens is 374 g/mol. The molecule has 4 nitrogen and oxygen atoms in total.